The van der Waals surface area contributed by atoms with Gasteiger partial charge in [0.1, 0.15) is 0 Å². The van der Waals surface area contributed by atoms with Gasteiger partial charge in [-0.15, -0.1) is 10.0 Å². The highest BCUT2D eigenvalue weighted by Gasteiger charge is 2.40. The molecule has 3 heterocycles. The Hall–Kier alpha value is -6.29. The summed E-state index contributed by atoms with van der Waals surface area (Å²) in [5, 5.41) is 5.10. The Labute approximate surface area is 304 Å². The van der Waals surface area contributed by atoms with Gasteiger partial charge in [-0.2, -0.15) is 0 Å². The average Bonchev–Trinajstić information content (AvgIpc) is 3.73. The molecule has 1 aliphatic heterocycles. The van der Waals surface area contributed by atoms with Crippen molar-refractivity contribution in [3.8, 4) is 11.4 Å². The van der Waals surface area contributed by atoms with Crippen molar-refractivity contribution in [2.24, 2.45) is 0 Å². The molecule has 0 radical (unpaired) electrons. The molecule has 8 aromatic carbocycles. The van der Waals surface area contributed by atoms with E-state index < -0.39 is 10.0 Å². The Morgan fingerprint density at radius 2 is 0.673 bits per heavy atom. The van der Waals surface area contributed by atoms with Crippen molar-refractivity contribution in [2.45, 2.75) is 26.0 Å². The summed E-state index contributed by atoms with van der Waals surface area (Å²) in [5.74, 6) is 0. The van der Waals surface area contributed by atoms with E-state index in [-0.39, 0.29) is 0 Å². The minimum atomic E-state index is -1.94. The Bertz CT molecular complexity index is 2710. The molecule has 0 bridgehead atoms. The van der Waals surface area contributed by atoms with E-state index in [0.717, 1.165) is 6.42 Å². The van der Waals surface area contributed by atoms with E-state index in [4.69, 9.17) is 0 Å². The van der Waals surface area contributed by atoms with E-state index in [2.05, 4.69) is 203 Å². The van der Waals surface area contributed by atoms with Crippen LogP contribution in [-0.4, -0.2) is 9.13 Å². The molecule has 0 N–H and O–H groups in total. The first-order chi connectivity index (χ1) is 25.8. The van der Waals surface area contributed by atoms with E-state index in [9.17, 15) is 0 Å². The molecule has 2 nitrogen and oxygen atoms in total. The lowest BCUT2D eigenvalue weighted by molar-refractivity contribution is 1.02. The zero-order valence-electron chi connectivity index (χ0n) is 28.5. The van der Waals surface area contributed by atoms with E-state index >= 15 is 0 Å². The summed E-state index contributed by atoms with van der Waals surface area (Å²) >= 11 is 0. The molecular formula is C49H34N2S. The Morgan fingerprint density at radius 1 is 0.327 bits per heavy atom. The molecule has 1 aliphatic rings. The molecule has 0 saturated carbocycles. The second-order valence-corrected chi connectivity index (χ2v) is 16.8. The van der Waals surface area contributed by atoms with Crippen LogP contribution in [0.2, 0.25) is 0 Å². The summed E-state index contributed by atoms with van der Waals surface area (Å²) in [5.41, 5.74) is 10.1. The summed E-state index contributed by atoms with van der Waals surface area (Å²) in [7, 11) is -1.94. The van der Waals surface area contributed by atoms with Crippen LogP contribution in [0.4, 0.5) is 0 Å². The summed E-state index contributed by atoms with van der Waals surface area (Å²) in [6.45, 7) is 0. The van der Waals surface area contributed by atoms with Gasteiger partial charge < -0.3 is 9.13 Å². The van der Waals surface area contributed by atoms with Crippen LogP contribution in [0.3, 0.4) is 0 Å². The van der Waals surface area contributed by atoms with Crippen molar-refractivity contribution in [3.63, 3.8) is 0 Å². The third-order valence-corrected chi connectivity index (χ3v) is 15.0. The normalized spacial score (nSPS) is 14.1. The molecule has 0 saturated heterocycles. The van der Waals surface area contributed by atoms with E-state index in [1.165, 1.54) is 85.7 Å². The quantitative estimate of drug-likeness (QED) is 0.175. The third-order valence-electron chi connectivity index (χ3n) is 11.0. The molecule has 246 valence electrons. The SMILES string of the molecule is c1cc(-n2c3ccccc3c3ccccc32)cc(S2(c3cccc(-n4c5ccccc5c5ccccc54)c3)c3ccccc3Cc3ccccc32)c1. The van der Waals surface area contributed by atoms with E-state index in [1.807, 2.05) is 0 Å². The minimum Gasteiger partial charge on any atom is -0.309 e. The van der Waals surface area contributed by atoms with Crippen molar-refractivity contribution < 1.29 is 0 Å². The standard InChI is InChI=1S/C49H34N2S/c1-11-29-48-34(15-1)31-35-16-2-12-30-49(35)52(48,38-19-13-17-36(32-38)50-44-25-7-3-21-40(44)41-22-4-8-26-45(41)50)39-20-14-18-37(33-39)51-46-27-9-5-23-42(46)43-24-6-10-28-47(43)51/h1-30,32-33H,31H2. The predicted molar refractivity (Wildman–Crippen MR) is 218 cm³/mol. The number of hydrogen-bond donors (Lipinski definition) is 0. The fourth-order valence-electron chi connectivity index (χ4n) is 8.89. The topological polar surface area (TPSA) is 9.86 Å². The fraction of sp³-hybridized carbons (Fsp3) is 0.0204. The van der Waals surface area contributed by atoms with Gasteiger partial charge in [-0.1, -0.05) is 121 Å². The van der Waals surface area contributed by atoms with Crippen molar-refractivity contribution >= 4 is 53.6 Å². The maximum absolute atomic E-state index is 2.49. The largest absolute Gasteiger partial charge is 0.309 e. The van der Waals surface area contributed by atoms with Gasteiger partial charge in [0.2, 0.25) is 0 Å². The summed E-state index contributed by atoms with van der Waals surface area (Å²) in [6, 6.07) is 72.5. The number of rotatable bonds is 4. The van der Waals surface area contributed by atoms with Crippen LogP contribution >= 0.6 is 10.0 Å². The molecule has 0 spiro atoms. The fourth-order valence-corrected chi connectivity index (χ4v) is 13.2. The lowest BCUT2D eigenvalue weighted by atomic mass is 10.0. The zero-order valence-corrected chi connectivity index (χ0v) is 29.3. The van der Waals surface area contributed by atoms with Crippen LogP contribution in [0.1, 0.15) is 11.1 Å². The van der Waals surface area contributed by atoms with Crippen molar-refractivity contribution in [1.82, 2.24) is 9.13 Å². The van der Waals surface area contributed by atoms with Crippen molar-refractivity contribution in [1.29, 1.82) is 0 Å². The maximum Gasteiger partial charge on any atom is 0.0541 e. The monoisotopic (exact) mass is 682 g/mol. The Balaban J connectivity index is 1.24. The lowest BCUT2D eigenvalue weighted by Crippen LogP contribution is -2.15. The van der Waals surface area contributed by atoms with Gasteiger partial charge >= 0.3 is 0 Å². The highest BCUT2D eigenvalue weighted by atomic mass is 32.3. The smallest absolute Gasteiger partial charge is 0.0541 e. The maximum atomic E-state index is 2.49. The first-order valence-corrected chi connectivity index (χ1v) is 19.6. The summed E-state index contributed by atoms with van der Waals surface area (Å²) in [6.07, 6.45) is 0.931. The first kappa shape index (κ1) is 29.4. The Kier molecular flexibility index (Phi) is 6.43. The zero-order chi connectivity index (χ0) is 34.2. The molecular weight excluding hydrogens is 649 g/mol. The van der Waals surface area contributed by atoms with Crippen molar-refractivity contribution in [3.05, 3.63) is 205 Å². The lowest BCUT2D eigenvalue weighted by Gasteiger charge is -2.47. The number of nitrogens with zero attached hydrogens (tertiary/aromatic N) is 2. The molecule has 10 aromatic rings. The van der Waals surface area contributed by atoms with Gasteiger partial charge in [0, 0.05) is 52.5 Å². The second kappa shape index (κ2) is 11.4. The number of fused-ring (bicyclic) bond motifs is 8. The van der Waals surface area contributed by atoms with Crippen LogP contribution in [0, 0.1) is 0 Å². The Morgan fingerprint density at radius 3 is 1.08 bits per heavy atom. The highest BCUT2D eigenvalue weighted by molar-refractivity contribution is 8.34. The van der Waals surface area contributed by atoms with Crippen LogP contribution in [-0.2, 0) is 6.42 Å². The number of para-hydroxylation sites is 4. The van der Waals surface area contributed by atoms with Crippen LogP contribution in [0.25, 0.3) is 55.0 Å². The number of aromatic nitrogens is 2. The third kappa shape index (κ3) is 4.08. The van der Waals surface area contributed by atoms with Crippen molar-refractivity contribution in [2.75, 3.05) is 0 Å². The van der Waals surface area contributed by atoms with E-state index in [0.29, 0.717) is 0 Å². The molecule has 0 aliphatic carbocycles. The minimum absolute atomic E-state index is 0.931. The van der Waals surface area contributed by atoms with Gasteiger partial charge in [-0.3, -0.25) is 0 Å². The van der Waals surface area contributed by atoms with Crippen LogP contribution in [0.5, 0.6) is 0 Å². The summed E-state index contributed by atoms with van der Waals surface area (Å²) in [4.78, 5) is 5.52. The van der Waals surface area contributed by atoms with Gasteiger partial charge in [0.25, 0.3) is 0 Å². The molecule has 3 heteroatoms. The molecule has 2 aromatic heterocycles. The van der Waals surface area contributed by atoms with Gasteiger partial charge in [0.15, 0.2) is 0 Å². The molecule has 0 unspecified atom stereocenters. The van der Waals surface area contributed by atoms with Gasteiger partial charge in [-0.25, -0.2) is 0 Å². The second-order valence-electron chi connectivity index (χ2n) is 13.7. The molecule has 0 atom stereocenters. The first-order valence-electron chi connectivity index (χ1n) is 18.0. The van der Waals surface area contributed by atoms with Gasteiger partial charge in [0.05, 0.1) is 22.1 Å². The van der Waals surface area contributed by atoms with Gasteiger partial charge in [-0.05, 0) is 90.3 Å². The van der Waals surface area contributed by atoms with E-state index in [1.54, 1.807) is 0 Å². The molecule has 11 rings (SSSR count). The van der Waals surface area contributed by atoms with Crippen LogP contribution < -0.4 is 0 Å². The molecule has 0 fully saturated rings. The van der Waals surface area contributed by atoms with Crippen LogP contribution in [0.15, 0.2) is 214 Å². The molecule has 0 amide bonds. The summed E-state index contributed by atoms with van der Waals surface area (Å²) < 4.78 is 4.91. The average molecular weight is 683 g/mol. The predicted octanol–water partition coefficient (Wildman–Crippen LogP) is 13.1. The highest BCUT2D eigenvalue weighted by Crippen LogP contribution is 2.76. The number of benzene rings is 8. The molecule has 52 heavy (non-hydrogen) atoms. The number of hydrogen-bond acceptors (Lipinski definition) is 0.